The molecule has 0 amide bonds. The zero-order valence-electron chi connectivity index (χ0n) is 12.1. The maximum atomic E-state index is 11.7. The standard InChI is InChI=1S/C17H15NO2S/c1-10-16(11(2)19)21-17(18-10)15-13-7-5-4-6-12(13)8-9-14(15)20-3/h4-9H,1-3H3. The summed E-state index contributed by atoms with van der Waals surface area (Å²) in [5.74, 6) is 0.827. The number of methoxy groups -OCH3 is 1. The van der Waals surface area contributed by atoms with Crippen LogP contribution in [0.5, 0.6) is 5.75 Å². The first-order valence-electron chi connectivity index (χ1n) is 6.66. The molecule has 3 aromatic rings. The molecule has 0 saturated heterocycles. The highest BCUT2D eigenvalue weighted by atomic mass is 32.1. The maximum Gasteiger partial charge on any atom is 0.171 e. The quantitative estimate of drug-likeness (QED) is 0.669. The lowest BCUT2D eigenvalue weighted by Gasteiger charge is -2.09. The van der Waals surface area contributed by atoms with Crippen molar-refractivity contribution in [1.82, 2.24) is 4.98 Å². The first-order chi connectivity index (χ1) is 10.1. The first kappa shape index (κ1) is 13.8. The number of rotatable bonds is 3. The summed E-state index contributed by atoms with van der Waals surface area (Å²) in [4.78, 5) is 17.0. The fourth-order valence-electron chi connectivity index (χ4n) is 2.47. The second-order valence-corrected chi connectivity index (χ2v) is 5.85. The highest BCUT2D eigenvalue weighted by Gasteiger charge is 2.18. The normalized spacial score (nSPS) is 10.8. The molecular formula is C17H15NO2S. The minimum Gasteiger partial charge on any atom is -0.496 e. The van der Waals surface area contributed by atoms with Crippen molar-refractivity contribution in [3.8, 4) is 16.3 Å². The number of fused-ring (bicyclic) bond motifs is 1. The van der Waals surface area contributed by atoms with Gasteiger partial charge in [-0.1, -0.05) is 30.3 Å². The van der Waals surface area contributed by atoms with E-state index in [1.54, 1.807) is 14.0 Å². The van der Waals surface area contributed by atoms with Crippen molar-refractivity contribution in [2.24, 2.45) is 0 Å². The number of ether oxygens (including phenoxy) is 1. The van der Waals surface area contributed by atoms with Gasteiger partial charge in [0.05, 0.1) is 23.2 Å². The number of aryl methyl sites for hydroxylation is 1. The van der Waals surface area contributed by atoms with Gasteiger partial charge in [0.1, 0.15) is 10.8 Å². The van der Waals surface area contributed by atoms with Crippen molar-refractivity contribution < 1.29 is 9.53 Å². The molecule has 2 aromatic carbocycles. The van der Waals surface area contributed by atoms with Crippen LogP contribution in [0.3, 0.4) is 0 Å². The van der Waals surface area contributed by atoms with Gasteiger partial charge in [0.25, 0.3) is 0 Å². The Labute approximate surface area is 127 Å². The molecule has 21 heavy (non-hydrogen) atoms. The SMILES string of the molecule is COc1ccc2ccccc2c1-c1nc(C)c(C(C)=O)s1. The summed E-state index contributed by atoms with van der Waals surface area (Å²) in [6.07, 6.45) is 0. The van der Waals surface area contributed by atoms with Crippen LogP contribution in [-0.2, 0) is 0 Å². The molecule has 0 radical (unpaired) electrons. The number of hydrogen-bond acceptors (Lipinski definition) is 4. The van der Waals surface area contributed by atoms with Crippen molar-refractivity contribution in [2.45, 2.75) is 13.8 Å². The molecule has 0 N–H and O–H groups in total. The van der Waals surface area contributed by atoms with E-state index in [0.29, 0.717) is 4.88 Å². The highest BCUT2D eigenvalue weighted by Crippen LogP contribution is 2.39. The molecule has 1 aromatic heterocycles. The number of ketones is 1. The summed E-state index contributed by atoms with van der Waals surface area (Å²) in [7, 11) is 1.65. The average molecular weight is 297 g/mol. The Morgan fingerprint density at radius 3 is 2.62 bits per heavy atom. The van der Waals surface area contributed by atoms with Gasteiger partial charge < -0.3 is 4.74 Å². The van der Waals surface area contributed by atoms with E-state index >= 15 is 0 Å². The molecule has 0 saturated carbocycles. The molecular weight excluding hydrogens is 282 g/mol. The lowest BCUT2D eigenvalue weighted by atomic mass is 10.0. The molecule has 0 aliphatic heterocycles. The lowest BCUT2D eigenvalue weighted by molar-refractivity contribution is 0.102. The fraction of sp³-hybridized carbons (Fsp3) is 0.176. The molecule has 3 rings (SSSR count). The molecule has 0 spiro atoms. The third-order valence-corrected chi connectivity index (χ3v) is 4.72. The topological polar surface area (TPSA) is 39.2 Å². The number of nitrogens with zero attached hydrogens (tertiary/aromatic N) is 1. The van der Waals surface area contributed by atoms with Gasteiger partial charge in [0, 0.05) is 6.92 Å². The van der Waals surface area contributed by atoms with Gasteiger partial charge in [-0.3, -0.25) is 4.79 Å². The van der Waals surface area contributed by atoms with Crippen LogP contribution in [-0.4, -0.2) is 17.9 Å². The van der Waals surface area contributed by atoms with Crippen molar-refractivity contribution in [1.29, 1.82) is 0 Å². The summed E-state index contributed by atoms with van der Waals surface area (Å²) < 4.78 is 5.50. The van der Waals surface area contributed by atoms with Crippen LogP contribution >= 0.6 is 11.3 Å². The van der Waals surface area contributed by atoms with Crippen molar-refractivity contribution in [3.05, 3.63) is 47.0 Å². The van der Waals surface area contributed by atoms with E-state index in [1.807, 2.05) is 31.2 Å². The number of carbonyl (C=O) groups excluding carboxylic acids is 1. The Kier molecular flexibility index (Phi) is 3.47. The molecule has 0 unspecified atom stereocenters. The van der Waals surface area contributed by atoms with Gasteiger partial charge in [-0.25, -0.2) is 4.98 Å². The van der Waals surface area contributed by atoms with E-state index < -0.39 is 0 Å². The van der Waals surface area contributed by atoms with Crippen molar-refractivity contribution in [3.63, 3.8) is 0 Å². The molecule has 0 fully saturated rings. The Hall–Kier alpha value is -2.20. The van der Waals surface area contributed by atoms with E-state index in [2.05, 4.69) is 17.1 Å². The summed E-state index contributed by atoms with van der Waals surface area (Å²) in [6.45, 7) is 3.44. The number of hydrogen-bond donors (Lipinski definition) is 0. The monoisotopic (exact) mass is 297 g/mol. The molecule has 0 aliphatic carbocycles. The molecule has 0 bridgehead atoms. The van der Waals surface area contributed by atoms with Gasteiger partial charge in [0.2, 0.25) is 0 Å². The Morgan fingerprint density at radius 1 is 1.19 bits per heavy atom. The second-order valence-electron chi connectivity index (χ2n) is 4.85. The predicted octanol–water partition coefficient (Wildman–Crippen LogP) is 4.48. The Morgan fingerprint density at radius 2 is 1.95 bits per heavy atom. The molecule has 3 nitrogen and oxygen atoms in total. The number of carbonyl (C=O) groups is 1. The number of Topliss-reactive ketones (excluding diaryl/α,β-unsaturated/α-hetero) is 1. The Balaban J connectivity index is 2.32. The summed E-state index contributed by atoms with van der Waals surface area (Å²) >= 11 is 1.42. The zero-order chi connectivity index (χ0) is 15.0. The molecule has 4 heteroatoms. The van der Waals surface area contributed by atoms with Gasteiger partial charge in [0.15, 0.2) is 5.78 Å². The van der Waals surface area contributed by atoms with Gasteiger partial charge >= 0.3 is 0 Å². The van der Waals surface area contributed by atoms with E-state index in [0.717, 1.165) is 32.8 Å². The van der Waals surface area contributed by atoms with Crippen LogP contribution in [0.25, 0.3) is 21.3 Å². The lowest BCUT2D eigenvalue weighted by Crippen LogP contribution is -1.90. The molecule has 1 heterocycles. The minimum absolute atomic E-state index is 0.0513. The molecule has 0 atom stereocenters. The average Bonchev–Trinajstić information content (AvgIpc) is 2.87. The maximum absolute atomic E-state index is 11.7. The third kappa shape index (κ3) is 2.32. The number of thiazole rings is 1. The van der Waals surface area contributed by atoms with Crippen LogP contribution in [0.15, 0.2) is 36.4 Å². The van der Waals surface area contributed by atoms with Crippen LogP contribution in [0.2, 0.25) is 0 Å². The first-order valence-corrected chi connectivity index (χ1v) is 7.48. The van der Waals surface area contributed by atoms with Crippen LogP contribution in [0, 0.1) is 6.92 Å². The van der Waals surface area contributed by atoms with Crippen molar-refractivity contribution >= 4 is 27.9 Å². The van der Waals surface area contributed by atoms with Crippen LogP contribution < -0.4 is 4.74 Å². The summed E-state index contributed by atoms with van der Waals surface area (Å²) in [5.41, 5.74) is 1.73. The Bertz CT molecular complexity index is 836. The van der Waals surface area contributed by atoms with Crippen molar-refractivity contribution in [2.75, 3.05) is 7.11 Å². The molecule has 0 aliphatic rings. The summed E-state index contributed by atoms with van der Waals surface area (Å²) in [5, 5.41) is 3.04. The van der Waals surface area contributed by atoms with Gasteiger partial charge in [-0.05, 0) is 23.8 Å². The zero-order valence-corrected chi connectivity index (χ0v) is 13.0. The van der Waals surface area contributed by atoms with E-state index in [1.165, 1.54) is 11.3 Å². The van der Waals surface area contributed by atoms with Gasteiger partial charge in [-0.2, -0.15) is 0 Å². The molecule has 106 valence electrons. The van der Waals surface area contributed by atoms with Crippen LogP contribution in [0.4, 0.5) is 0 Å². The second kappa shape index (κ2) is 5.30. The van der Waals surface area contributed by atoms with Crippen LogP contribution in [0.1, 0.15) is 22.3 Å². The van der Waals surface area contributed by atoms with Gasteiger partial charge in [-0.15, -0.1) is 11.3 Å². The fourth-order valence-corrected chi connectivity index (χ4v) is 3.50. The van der Waals surface area contributed by atoms with E-state index in [4.69, 9.17) is 4.74 Å². The highest BCUT2D eigenvalue weighted by molar-refractivity contribution is 7.17. The van der Waals surface area contributed by atoms with E-state index in [-0.39, 0.29) is 5.78 Å². The third-order valence-electron chi connectivity index (χ3n) is 3.44. The number of aromatic nitrogens is 1. The minimum atomic E-state index is 0.0513. The van der Waals surface area contributed by atoms with E-state index in [9.17, 15) is 4.79 Å². The smallest absolute Gasteiger partial charge is 0.171 e. The predicted molar refractivity (Wildman–Crippen MR) is 86.3 cm³/mol. The number of benzene rings is 2. The summed E-state index contributed by atoms with van der Waals surface area (Å²) in [6, 6.07) is 12.1. The largest absolute Gasteiger partial charge is 0.496 e.